The molecule has 0 spiro atoms. The van der Waals surface area contributed by atoms with Crippen molar-refractivity contribution < 1.29 is 19.0 Å². The van der Waals surface area contributed by atoms with Gasteiger partial charge in [-0.05, 0) is 32.7 Å². The Morgan fingerprint density at radius 3 is 1.41 bits per heavy atom. The highest BCUT2D eigenvalue weighted by atomic mass is 31.2. The summed E-state index contributed by atoms with van der Waals surface area (Å²) in [6, 6.07) is 26.1. The van der Waals surface area contributed by atoms with E-state index in [0.717, 1.165) is 21.5 Å². The van der Waals surface area contributed by atoms with Crippen LogP contribution in [0.25, 0.3) is 21.5 Å². The largest absolute Gasteiger partial charge is 0.334 e. The van der Waals surface area contributed by atoms with Gasteiger partial charge in [0.2, 0.25) is 11.0 Å². The lowest BCUT2D eigenvalue weighted by molar-refractivity contribution is -0.115. The molecular weight excluding hydrogens is 383 g/mol. The lowest BCUT2D eigenvalue weighted by atomic mass is 10.1. The quantitative estimate of drug-likeness (QED) is 0.456. The molecule has 5 heteroatoms. The molecule has 0 amide bonds. The van der Waals surface area contributed by atoms with Gasteiger partial charge < -0.3 is 4.89 Å². The van der Waals surface area contributed by atoms with Crippen molar-refractivity contribution in [2.24, 2.45) is 0 Å². The Balaban J connectivity index is 1.51. The summed E-state index contributed by atoms with van der Waals surface area (Å²) in [7, 11) is -4.60. The fourth-order valence-electron chi connectivity index (χ4n) is 3.40. The van der Waals surface area contributed by atoms with Crippen LogP contribution < -0.4 is 0 Å². The Labute approximate surface area is 168 Å². The van der Waals surface area contributed by atoms with Crippen molar-refractivity contribution in [1.29, 1.82) is 0 Å². The molecule has 0 aliphatic heterocycles. The fourth-order valence-corrected chi connectivity index (χ4v) is 4.47. The molecule has 0 heterocycles. The summed E-state index contributed by atoms with van der Waals surface area (Å²) >= 11 is 0. The van der Waals surface area contributed by atoms with E-state index >= 15 is 0 Å². The van der Waals surface area contributed by atoms with Gasteiger partial charge in [-0.2, -0.15) is 0 Å². The second kappa shape index (κ2) is 7.75. The first-order valence-electron chi connectivity index (χ1n) is 9.28. The standard InChI is InChI=1S/C24H19O4P/c25-23(15-17-9-11-19-5-1-3-7-21(19)13-17)29(27,28)24(26)16-18-10-12-20-6-2-4-8-22(20)14-18/h1-14H,15-16H2,(H,27,28). The Morgan fingerprint density at radius 2 is 1.00 bits per heavy atom. The van der Waals surface area contributed by atoms with Gasteiger partial charge in [0, 0.05) is 12.8 Å². The molecule has 144 valence electrons. The maximum atomic E-state index is 12.6. The fraction of sp³-hybridized carbons (Fsp3) is 0.0833. The molecule has 0 radical (unpaired) electrons. The van der Waals surface area contributed by atoms with Crippen molar-refractivity contribution in [1.82, 2.24) is 0 Å². The van der Waals surface area contributed by atoms with E-state index in [1.165, 1.54) is 0 Å². The first kappa shape index (κ1) is 19.3. The van der Waals surface area contributed by atoms with Crippen LogP contribution in [0.1, 0.15) is 11.1 Å². The SMILES string of the molecule is O=C(Cc1ccc2ccccc2c1)P(=O)(O)C(=O)Cc1ccc2ccccc2c1. The van der Waals surface area contributed by atoms with Crippen LogP contribution in [-0.2, 0) is 27.0 Å². The van der Waals surface area contributed by atoms with Crippen LogP contribution in [0, 0.1) is 0 Å². The van der Waals surface area contributed by atoms with E-state index in [0.29, 0.717) is 11.1 Å². The summed E-state index contributed by atoms with van der Waals surface area (Å²) in [6.45, 7) is 0. The van der Waals surface area contributed by atoms with Gasteiger partial charge in [0.15, 0.2) is 0 Å². The summed E-state index contributed by atoms with van der Waals surface area (Å²) in [4.78, 5) is 35.2. The van der Waals surface area contributed by atoms with E-state index in [2.05, 4.69) is 0 Å². The minimum absolute atomic E-state index is 0.248. The smallest absolute Gasteiger partial charge is 0.328 e. The van der Waals surface area contributed by atoms with Crippen molar-refractivity contribution in [2.75, 3.05) is 0 Å². The molecule has 0 aromatic heterocycles. The molecule has 4 nitrogen and oxygen atoms in total. The average Bonchev–Trinajstić information content (AvgIpc) is 2.73. The number of carbonyl (C=O) groups excluding carboxylic acids is 2. The topological polar surface area (TPSA) is 71.4 Å². The monoisotopic (exact) mass is 402 g/mol. The van der Waals surface area contributed by atoms with Crippen molar-refractivity contribution >= 4 is 40.0 Å². The van der Waals surface area contributed by atoms with E-state index in [4.69, 9.17) is 0 Å². The van der Waals surface area contributed by atoms with E-state index in [1.807, 2.05) is 60.7 Å². The number of carbonyl (C=O) groups is 2. The number of benzene rings is 4. The first-order valence-corrected chi connectivity index (χ1v) is 10.9. The van der Waals surface area contributed by atoms with E-state index < -0.39 is 18.4 Å². The molecule has 4 aromatic carbocycles. The van der Waals surface area contributed by atoms with Crippen LogP contribution >= 0.6 is 7.37 Å². The van der Waals surface area contributed by atoms with Crippen LogP contribution in [0.15, 0.2) is 84.9 Å². The maximum Gasteiger partial charge on any atom is 0.328 e. The van der Waals surface area contributed by atoms with Gasteiger partial charge in [-0.25, -0.2) is 0 Å². The number of fused-ring (bicyclic) bond motifs is 2. The molecule has 0 aliphatic rings. The van der Waals surface area contributed by atoms with Crippen molar-refractivity contribution in [3.63, 3.8) is 0 Å². The summed E-state index contributed by atoms with van der Waals surface area (Å²) in [6.07, 6.45) is -0.496. The van der Waals surface area contributed by atoms with E-state index in [-0.39, 0.29) is 12.8 Å². The van der Waals surface area contributed by atoms with Crippen LogP contribution in [0.3, 0.4) is 0 Å². The molecule has 0 fully saturated rings. The predicted molar refractivity (Wildman–Crippen MR) is 115 cm³/mol. The Morgan fingerprint density at radius 1 is 0.621 bits per heavy atom. The summed E-state index contributed by atoms with van der Waals surface area (Å²) in [5.41, 5.74) is -0.639. The third-order valence-electron chi connectivity index (χ3n) is 5.01. The summed E-state index contributed by atoms with van der Waals surface area (Å²) in [5.74, 6) is 0. The molecule has 0 saturated heterocycles. The van der Waals surface area contributed by atoms with Gasteiger partial charge in [0.1, 0.15) is 0 Å². The molecule has 0 saturated carbocycles. The minimum atomic E-state index is -4.60. The second-order valence-corrected chi connectivity index (χ2v) is 9.23. The van der Waals surface area contributed by atoms with Crippen molar-refractivity contribution in [3.8, 4) is 0 Å². The van der Waals surface area contributed by atoms with Gasteiger partial charge in [0.25, 0.3) is 0 Å². The molecule has 4 rings (SSSR count). The molecule has 0 bridgehead atoms. The van der Waals surface area contributed by atoms with Crippen LogP contribution in [0.5, 0.6) is 0 Å². The molecule has 0 aliphatic carbocycles. The zero-order valence-corrected chi connectivity index (χ0v) is 16.5. The highest BCUT2D eigenvalue weighted by Gasteiger charge is 2.36. The summed E-state index contributed by atoms with van der Waals surface area (Å²) < 4.78 is 12.6. The van der Waals surface area contributed by atoms with Gasteiger partial charge in [-0.15, -0.1) is 0 Å². The number of rotatable bonds is 6. The van der Waals surface area contributed by atoms with Crippen molar-refractivity contribution in [2.45, 2.75) is 12.8 Å². The van der Waals surface area contributed by atoms with Gasteiger partial charge in [-0.1, -0.05) is 84.9 Å². The maximum absolute atomic E-state index is 12.6. The lowest BCUT2D eigenvalue weighted by Gasteiger charge is -2.10. The van der Waals surface area contributed by atoms with Gasteiger partial charge in [-0.3, -0.25) is 14.2 Å². The third kappa shape index (κ3) is 4.04. The first-order chi connectivity index (χ1) is 13.9. The van der Waals surface area contributed by atoms with E-state index in [9.17, 15) is 19.0 Å². The van der Waals surface area contributed by atoms with Crippen LogP contribution in [-0.4, -0.2) is 15.9 Å². The Bertz CT molecular complexity index is 1200. The van der Waals surface area contributed by atoms with Gasteiger partial charge >= 0.3 is 7.37 Å². The Hall–Kier alpha value is -3.07. The Kier molecular flexibility index (Phi) is 5.14. The molecule has 0 atom stereocenters. The second-order valence-electron chi connectivity index (χ2n) is 7.08. The zero-order valence-electron chi connectivity index (χ0n) is 15.6. The molecule has 29 heavy (non-hydrogen) atoms. The molecule has 0 unspecified atom stereocenters. The molecule has 4 aromatic rings. The summed E-state index contributed by atoms with van der Waals surface area (Å²) in [5, 5.41) is 3.91. The van der Waals surface area contributed by atoms with Crippen LogP contribution in [0.2, 0.25) is 0 Å². The highest BCUT2D eigenvalue weighted by molar-refractivity contribution is 7.89. The molecular formula is C24H19O4P. The lowest BCUT2D eigenvalue weighted by Crippen LogP contribution is -2.13. The average molecular weight is 402 g/mol. The van der Waals surface area contributed by atoms with Crippen LogP contribution in [0.4, 0.5) is 0 Å². The third-order valence-corrected chi connectivity index (χ3v) is 6.68. The number of hydrogen-bond acceptors (Lipinski definition) is 3. The minimum Gasteiger partial charge on any atom is -0.334 e. The number of hydrogen-bond donors (Lipinski definition) is 1. The van der Waals surface area contributed by atoms with E-state index in [1.54, 1.807) is 24.3 Å². The van der Waals surface area contributed by atoms with Crippen molar-refractivity contribution in [3.05, 3.63) is 96.1 Å². The molecule has 1 N–H and O–H groups in total. The zero-order chi connectivity index (χ0) is 20.4. The van der Waals surface area contributed by atoms with Gasteiger partial charge in [0.05, 0.1) is 0 Å². The highest BCUT2D eigenvalue weighted by Crippen LogP contribution is 2.44. The predicted octanol–water partition coefficient (Wildman–Crippen LogP) is 5.10. The normalized spacial score (nSPS) is 11.6.